The first kappa shape index (κ1) is 19.7. The third-order valence-electron chi connectivity index (χ3n) is 4.85. The highest BCUT2D eigenvalue weighted by Crippen LogP contribution is 2.26. The maximum absolute atomic E-state index is 13.0. The predicted molar refractivity (Wildman–Crippen MR) is 108 cm³/mol. The number of methoxy groups -OCH3 is 2. The Morgan fingerprint density at radius 3 is 2.57 bits per heavy atom. The van der Waals surface area contributed by atoms with Crippen molar-refractivity contribution in [3.63, 3.8) is 0 Å². The molecule has 0 saturated heterocycles. The minimum Gasteiger partial charge on any atom is -0.497 e. The highest BCUT2D eigenvalue weighted by molar-refractivity contribution is 6.01. The molecule has 6 heteroatoms. The SMILES string of the molecule is CCN(CC1CC(c2ccc(C)cc2)=NO1)C(=O)c1ccc(OC)cc1OC. The summed E-state index contributed by atoms with van der Waals surface area (Å²) in [6.07, 6.45) is 0.511. The molecule has 1 aliphatic heterocycles. The van der Waals surface area contributed by atoms with Crippen LogP contribution in [-0.4, -0.2) is 49.9 Å². The van der Waals surface area contributed by atoms with Crippen molar-refractivity contribution in [1.82, 2.24) is 4.90 Å². The molecule has 3 rings (SSSR count). The quantitative estimate of drug-likeness (QED) is 0.733. The number of carbonyl (C=O) groups is 1. The van der Waals surface area contributed by atoms with Crippen molar-refractivity contribution in [3.05, 3.63) is 59.2 Å². The summed E-state index contributed by atoms with van der Waals surface area (Å²) >= 11 is 0. The zero-order valence-electron chi connectivity index (χ0n) is 16.8. The molecule has 1 aliphatic rings. The first-order valence-corrected chi connectivity index (χ1v) is 9.36. The van der Waals surface area contributed by atoms with E-state index in [1.165, 1.54) is 5.56 Å². The number of carbonyl (C=O) groups excluding carboxylic acids is 1. The van der Waals surface area contributed by atoms with E-state index in [0.717, 1.165) is 11.3 Å². The van der Waals surface area contributed by atoms with E-state index in [0.29, 0.717) is 36.6 Å². The van der Waals surface area contributed by atoms with Crippen LogP contribution in [0.2, 0.25) is 0 Å². The molecule has 1 unspecified atom stereocenters. The fourth-order valence-corrected chi connectivity index (χ4v) is 3.19. The second kappa shape index (κ2) is 8.78. The van der Waals surface area contributed by atoms with Crippen LogP contribution in [0.15, 0.2) is 47.6 Å². The van der Waals surface area contributed by atoms with Crippen molar-refractivity contribution in [2.24, 2.45) is 5.16 Å². The van der Waals surface area contributed by atoms with Crippen LogP contribution >= 0.6 is 0 Å². The third-order valence-corrected chi connectivity index (χ3v) is 4.85. The summed E-state index contributed by atoms with van der Waals surface area (Å²) in [7, 11) is 3.13. The Morgan fingerprint density at radius 2 is 1.93 bits per heavy atom. The van der Waals surface area contributed by atoms with Crippen molar-refractivity contribution in [3.8, 4) is 11.5 Å². The second-order valence-electron chi connectivity index (χ2n) is 6.75. The van der Waals surface area contributed by atoms with E-state index in [4.69, 9.17) is 14.3 Å². The van der Waals surface area contributed by atoms with Gasteiger partial charge in [-0.05, 0) is 31.5 Å². The van der Waals surface area contributed by atoms with Gasteiger partial charge < -0.3 is 19.2 Å². The van der Waals surface area contributed by atoms with Crippen molar-refractivity contribution >= 4 is 11.6 Å². The predicted octanol–water partition coefficient (Wildman–Crippen LogP) is 3.67. The van der Waals surface area contributed by atoms with Gasteiger partial charge in [0.1, 0.15) is 11.5 Å². The van der Waals surface area contributed by atoms with E-state index in [1.54, 1.807) is 37.3 Å². The molecule has 0 aliphatic carbocycles. The minimum atomic E-state index is -0.163. The number of ether oxygens (including phenoxy) is 2. The highest BCUT2D eigenvalue weighted by atomic mass is 16.6. The smallest absolute Gasteiger partial charge is 0.257 e. The van der Waals surface area contributed by atoms with Gasteiger partial charge in [0, 0.05) is 19.0 Å². The zero-order valence-corrected chi connectivity index (χ0v) is 16.8. The number of likely N-dealkylation sites (N-methyl/N-ethyl adjacent to an activating group) is 1. The fraction of sp³-hybridized carbons (Fsp3) is 0.364. The maximum atomic E-state index is 13.0. The summed E-state index contributed by atoms with van der Waals surface area (Å²) in [5.41, 5.74) is 3.67. The molecule has 1 heterocycles. The van der Waals surface area contributed by atoms with Crippen LogP contribution in [0.3, 0.4) is 0 Å². The van der Waals surface area contributed by atoms with Crippen LogP contribution in [0.4, 0.5) is 0 Å². The van der Waals surface area contributed by atoms with Crippen LogP contribution in [0.25, 0.3) is 0 Å². The summed E-state index contributed by atoms with van der Waals surface area (Å²) in [4.78, 5) is 20.4. The van der Waals surface area contributed by atoms with E-state index in [9.17, 15) is 4.79 Å². The van der Waals surface area contributed by atoms with Gasteiger partial charge >= 0.3 is 0 Å². The second-order valence-corrected chi connectivity index (χ2v) is 6.75. The topological polar surface area (TPSA) is 60.4 Å². The van der Waals surface area contributed by atoms with Gasteiger partial charge in [-0.2, -0.15) is 0 Å². The maximum Gasteiger partial charge on any atom is 0.257 e. The van der Waals surface area contributed by atoms with Gasteiger partial charge in [-0.3, -0.25) is 4.79 Å². The number of nitrogens with zero attached hydrogens (tertiary/aromatic N) is 2. The van der Waals surface area contributed by atoms with Gasteiger partial charge in [0.25, 0.3) is 5.91 Å². The molecule has 0 radical (unpaired) electrons. The molecule has 1 atom stereocenters. The molecular formula is C22H26N2O4. The van der Waals surface area contributed by atoms with Crippen LogP contribution in [0, 0.1) is 6.92 Å². The van der Waals surface area contributed by atoms with E-state index >= 15 is 0 Å². The largest absolute Gasteiger partial charge is 0.497 e. The molecule has 1 amide bonds. The average Bonchev–Trinajstić information content (AvgIpc) is 3.20. The Hall–Kier alpha value is -3.02. The Bertz CT molecular complexity index is 861. The van der Waals surface area contributed by atoms with Gasteiger partial charge in [0.05, 0.1) is 32.0 Å². The normalized spacial score (nSPS) is 15.6. The lowest BCUT2D eigenvalue weighted by molar-refractivity contribution is 0.0434. The molecular weight excluding hydrogens is 356 g/mol. The lowest BCUT2D eigenvalue weighted by Gasteiger charge is -2.24. The lowest BCUT2D eigenvalue weighted by Crippen LogP contribution is -2.37. The molecule has 2 aromatic rings. The first-order valence-electron chi connectivity index (χ1n) is 9.36. The van der Waals surface area contributed by atoms with Gasteiger partial charge in [0.2, 0.25) is 0 Å². The Balaban J connectivity index is 1.68. The summed E-state index contributed by atoms with van der Waals surface area (Å²) in [6.45, 7) is 5.03. The molecule has 2 aromatic carbocycles. The summed E-state index contributed by atoms with van der Waals surface area (Å²) < 4.78 is 10.6. The Labute approximate surface area is 165 Å². The van der Waals surface area contributed by atoms with Crippen molar-refractivity contribution in [2.75, 3.05) is 27.3 Å². The number of hydrogen-bond acceptors (Lipinski definition) is 5. The van der Waals surface area contributed by atoms with Gasteiger partial charge in [-0.1, -0.05) is 35.0 Å². The Morgan fingerprint density at radius 1 is 1.18 bits per heavy atom. The molecule has 6 nitrogen and oxygen atoms in total. The number of amides is 1. The van der Waals surface area contributed by atoms with Crippen LogP contribution in [0.5, 0.6) is 11.5 Å². The lowest BCUT2D eigenvalue weighted by atomic mass is 10.0. The standard InChI is InChI=1S/C22H26N2O4/c1-5-24(22(25)19-11-10-17(26-3)13-21(19)27-4)14-18-12-20(23-28-18)16-8-6-15(2)7-9-16/h6-11,13,18H,5,12,14H2,1-4H3. The average molecular weight is 382 g/mol. The molecule has 0 spiro atoms. The Kier molecular flexibility index (Phi) is 6.19. The monoisotopic (exact) mass is 382 g/mol. The fourth-order valence-electron chi connectivity index (χ4n) is 3.19. The third kappa shape index (κ3) is 4.27. The minimum absolute atomic E-state index is 0.102. The van der Waals surface area contributed by atoms with Gasteiger partial charge in [-0.15, -0.1) is 0 Å². The summed E-state index contributed by atoms with van der Waals surface area (Å²) in [5.74, 6) is 1.04. The highest BCUT2D eigenvalue weighted by Gasteiger charge is 2.27. The van der Waals surface area contributed by atoms with Crippen molar-refractivity contribution in [1.29, 1.82) is 0 Å². The number of hydrogen-bond donors (Lipinski definition) is 0. The van der Waals surface area contributed by atoms with Gasteiger partial charge in [-0.25, -0.2) is 0 Å². The van der Waals surface area contributed by atoms with Crippen molar-refractivity contribution < 1.29 is 19.1 Å². The summed E-state index contributed by atoms with van der Waals surface area (Å²) in [6, 6.07) is 13.4. The zero-order chi connectivity index (χ0) is 20.1. The summed E-state index contributed by atoms with van der Waals surface area (Å²) in [5, 5.41) is 4.23. The van der Waals surface area contributed by atoms with E-state index in [2.05, 4.69) is 24.2 Å². The van der Waals surface area contributed by atoms with Crippen molar-refractivity contribution in [2.45, 2.75) is 26.4 Å². The number of benzene rings is 2. The number of oxime groups is 1. The number of aryl methyl sites for hydroxylation is 1. The number of rotatable bonds is 7. The molecule has 0 saturated carbocycles. The molecule has 0 bridgehead atoms. The van der Waals surface area contributed by atoms with Crippen LogP contribution < -0.4 is 9.47 Å². The molecule has 148 valence electrons. The van der Waals surface area contributed by atoms with Gasteiger partial charge in [0.15, 0.2) is 6.10 Å². The molecule has 0 N–H and O–H groups in total. The molecule has 28 heavy (non-hydrogen) atoms. The first-order chi connectivity index (χ1) is 13.5. The van der Waals surface area contributed by atoms with E-state index in [1.807, 2.05) is 19.1 Å². The van der Waals surface area contributed by atoms with Crippen LogP contribution in [-0.2, 0) is 4.84 Å². The van der Waals surface area contributed by atoms with E-state index < -0.39 is 0 Å². The van der Waals surface area contributed by atoms with E-state index in [-0.39, 0.29) is 12.0 Å². The molecule has 0 aromatic heterocycles. The van der Waals surface area contributed by atoms with Crippen LogP contribution in [0.1, 0.15) is 34.8 Å². The molecule has 0 fully saturated rings.